The summed E-state index contributed by atoms with van der Waals surface area (Å²) >= 11 is 10.0. The zero-order valence-corrected chi connectivity index (χ0v) is 20.5. The first-order valence-electron chi connectivity index (χ1n) is 9.60. The Hall–Kier alpha value is -2.23. The number of allylic oxidation sites excluding steroid dienone is 1. The number of esters is 1. The topological polar surface area (TPSA) is 60.7 Å². The summed E-state index contributed by atoms with van der Waals surface area (Å²) in [5.74, 6) is -0.499. The van der Waals surface area contributed by atoms with Crippen LogP contribution in [0.2, 0.25) is 5.02 Å². The molecule has 1 atom stereocenters. The number of thiazole rings is 1. The number of fused-ring (bicyclic) bond motifs is 1. The Morgan fingerprint density at radius 3 is 2.65 bits per heavy atom. The second kappa shape index (κ2) is 9.10. The first-order valence-corrected chi connectivity index (χ1v) is 11.9. The third kappa shape index (κ3) is 4.26. The van der Waals surface area contributed by atoms with Gasteiger partial charge in [0.1, 0.15) is 6.04 Å². The van der Waals surface area contributed by atoms with Crippen molar-refractivity contribution in [3.05, 3.63) is 99.2 Å². The van der Waals surface area contributed by atoms with Gasteiger partial charge in [-0.3, -0.25) is 9.36 Å². The van der Waals surface area contributed by atoms with Gasteiger partial charge in [0.2, 0.25) is 0 Å². The van der Waals surface area contributed by atoms with Gasteiger partial charge in [-0.15, -0.1) is 0 Å². The molecule has 0 bridgehead atoms. The maximum absolute atomic E-state index is 13.5. The summed E-state index contributed by atoms with van der Waals surface area (Å²) in [6.07, 6.45) is 1.84. The largest absolute Gasteiger partial charge is 0.463 e. The standard InChI is InChI=1S/C23H18ClIN2O3S/c1-3-30-22(29)19-13(2)26-23-27(20(19)16-6-4-5-7-17(16)24)21(28)18(31-23)12-14-8-10-15(25)11-9-14/h4-12,20H,3H2,1-2H3. The molecular formula is C23H18ClIN2O3S. The van der Waals surface area contributed by atoms with Crippen LogP contribution in [-0.2, 0) is 9.53 Å². The maximum atomic E-state index is 13.5. The highest BCUT2D eigenvalue weighted by Gasteiger charge is 2.34. The molecule has 0 radical (unpaired) electrons. The Morgan fingerprint density at radius 2 is 1.97 bits per heavy atom. The highest BCUT2D eigenvalue weighted by molar-refractivity contribution is 14.1. The summed E-state index contributed by atoms with van der Waals surface area (Å²) in [6.45, 7) is 3.73. The number of aromatic nitrogens is 1. The molecule has 0 saturated heterocycles. The summed E-state index contributed by atoms with van der Waals surface area (Å²) in [5, 5.41) is 0.469. The van der Waals surface area contributed by atoms with Gasteiger partial charge in [0.05, 0.1) is 22.4 Å². The second-order valence-corrected chi connectivity index (χ2v) is 9.54. The van der Waals surface area contributed by atoms with Crippen molar-refractivity contribution in [1.82, 2.24) is 4.57 Å². The van der Waals surface area contributed by atoms with E-state index in [1.54, 1.807) is 24.5 Å². The molecule has 0 amide bonds. The number of benzene rings is 2. The van der Waals surface area contributed by atoms with Gasteiger partial charge in [0, 0.05) is 8.59 Å². The van der Waals surface area contributed by atoms with Crippen molar-refractivity contribution in [3.8, 4) is 0 Å². The Balaban J connectivity index is 1.97. The van der Waals surface area contributed by atoms with E-state index < -0.39 is 12.0 Å². The van der Waals surface area contributed by atoms with Crippen molar-refractivity contribution >= 4 is 57.6 Å². The van der Waals surface area contributed by atoms with E-state index in [0.29, 0.717) is 31.2 Å². The maximum Gasteiger partial charge on any atom is 0.338 e. The summed E-state index contributed by atoms with van der Waals surface area (Å²) in [4.78, 5) is 31.4. The zero-order valence-electron chi connectivity index (χ0n) is 16.8. The number of carbonyl (C=O) groups is 1. The van der Waals surface area contributed by atoms with E-state index in [4.69, 9.17) is 16.3 Å². The minimum absolute atomic E-state index is 0.221. The van der Waals surface area contributed by atoms with Gasteiger partial charge in [-0.05, 0) is 71.8 Å². The third-order valence-corrected chi connectivity index (χ3v) is 6.93. The van der Waals surface area contributed by atoms with Crippen molar-refractivity contribution < 1.29 is 9.53 Å². The highest BCUT2D eigenvalue weighted by Crippen LogP contribution is 2.34. The molecule has 2 heterocycles. The molecule has 158 valence electrons. The quantitative estimate of drug-likeness (QED) is 0.355. The lowest BCUT2D eigenvalue weighted by atomic mass is 9.96. The van der Waals surface area contributed by atoms with Crippen LogP contribution >= 0.6 is 45.5 Å². The van der Waals surface area contributed by atoms with Crippen LogP contribution in [0.5, 0.6) is 0 Å². The Bertz CT molecular complexity index is 1370. The second-order valence-electron chi connectivity index (χ2n) is 6.88. The molecule has 3 aromatic rings. The first kappa shape index (κ1) is 22.0. The van der Waals surface area contributed by atoms with E-state index in [2.05, 4.69) is 27.6 Å². The molecule has 0 spiro atoms. The van der Waals surface area contributed by atoms with Crippen molar-refractivity contribution in [2.45, 2.75) is 19.9 Å². The Kier molecular flexibility index (Phi) is 6.45. The van der Waals surface area contributed by atoms with E-state index in [0.717, 1.165) is 9.13 Å². The van der Waals surface area contributed by atoms with E-state index in [-0.39, 0.29) is 12.2 Å². The predicted octanol–water partition coefficient (Wildman–Crippen LogP) is 4.06. The molecule has 1 aromatic heterocycles. The van der Waals surface area contributed by atoms with Gasteiger partial charge in [-0.2, -0.15) is 0 Å². The molecule has 0 saturated carbocycles. The number of ether oxygens (including phenoxy) is 1. The Morgan fingerprint density at radius 1 is 1.26 bits per heavy atom. The van der Waals surface area contributed by atoms with Crippen LogP contribution in [-0.4, -0.2) is 17.1 Å². The van der Waals surface area contributed by atoms with E-state index in [1.165, 1.54) is 11.3 Å². The molecular weight excluding hydrogens is 547 g/mol. The highest BCUT2D eigenvalue weighted by atomic mass is 127. The average Bonchev–Trinajstić information content (AvgIpc) is 3.04. The fraction of sp³-hybridized carbons (Fsp3) is 0.174. The number of halogens is 2. The molecule has 1 aliphatic rings. The number of rotatable bonds is 4. The molecule has 31 heavy (non-hydrogen) atoms. The van der Waals surface area contributed by atoms with Gasteiger partial charge in [-0.1, -0.05) is 53.3 Å². The minimum atomic E-state index is -0.706. The number of hydrogen-bond donors (Lipinski definition) is 0. The van der Waals surface area contributed by atoms with Crippen LogP contribution in [0.1, 0.15) is 31.0 Å². The zero-order chi connectivity index (χ0) is 22.1. The normalized spacial score (nSPS) is 16.1. The summed E-state index contributed by atoms with van der Waals surface area (Å²) < 4.78 is 8.49. The van der Waals surface area contributed by atoms with Crippen LogP contribution in [0.4, 0.5) is 0 Å². The molecule has 1 aliphatic heterocycles. The smallest absolute Gasteiger partial charge is 0.338 e. The van der Waals surface area contributed by atoms with Crippen molar-refractivity contribution in [2.24, 2.45) is 4.99 Å². The number of hydrogen-bond acceptors (Lipinski definition) is 5. The molecule has 0 N–H and O–H groups in total. The fourth-order valence-electron chi connectivity index (χ4n) is 3.49. The van der Waals surface area contributed by atoms with Crippen molar-refractivity contribution in [1.29, 1.82) is 0 Å². The van der Waals surface area contributed by atoms with Crippen molar-refractivity contribution in [2.75, 3.05) is 6.61 Å². The lowest BCUT2D eigenvalue weighted by Gasteiger charge is -2.25. The molecule has 5 nitrogen and oxygen atoms in total. The van der Waals surface area contributed by atoms with Gasteiger partial charge in [-0.25, -0.2) is 9.79 Å². The van der Waals surface area contributed by atoms with E-state index >= 15 is 0 Å². The van der Waals surface area contributed by atoms with Crippen LogP contribution < -0.4 is 14.9 Å². The summed E-state index contributed by atoms with van der Waals surface area (Å²) in [6, 6.07) is 14.4. The SMILES string of the molecule is CCOC(=O)C1=C(C)N=c2sc(=Cc3ccc(I)cc3)c(=O)n2C1c1ccccc1Cl. The average molecular weight is 565 g/mol. The Labute approximate surface area is 201 Å². The van der Waals surface area contributed by atoms with E-state index in [1.807, 2.05) is 48.5 Å². The molecule has 1 unspecified atom stereocenters. The molecule has 8 heteroatoms. The van der Waals surface area contributed by atoms with Crippen molar-refractivity contribution in [3.63, 3.8) is 0 Å². The molecule has 4 rings (SSSR count). The first-order chi connectivity index (χ1) is 14.9. The van der Waals surface area contributed by atoms with Gasteiger partial charge in [0.25, 0.3) is 5.56 Å². The molecule has 0 aliphatic carbocycles. The summed E-state index contributed by atoms with van der Waals surface area (Å²) in [5.41, 5.74) is 2.19. The monoisotopic (exact) mass is 564 g/mol. The van der Waals surface area contributed by atoms with E-state index in [9.17, 15) is 9.59 Å². The number of carbonyl (C=O) groups excluding carboxylic acids is 1. The molecule has 2 aromatic carbocycles. The molecule has 0 fully saturated rings. The lowest BCUT2D eigenvalue weighted by molar-refractivity contribution is -0.139. The fourth-order valence-corrected chi connectivity index (χ4v) is 5.14. The predicted molar refractivity (Wildman–Crippen MR) is 131 cm³/mol. The number of nitrogens with zero attached hydrogens (tertiary/aromatic N) is 2. The van der Waals surface area contributed by atoms with Crippen LogP contribution in [0.15, 0.2) is 69.6 Å². The van der Waals surface area contributed by atoms with Gasteiger partial charge in [0.15, 0.2) is 4.80 Å². The van der Waals surface area contributed by atoms with Gasteiger partial charge >= 0.3 is 5.97 Å². The van der Waals surface area contributed by atoms with Gasteiger partial charge < -0.3 is 4.74 Å². The van der Waals surface area contributed by atoms with Crippen LogP contribution in [0.25, 0.3) is 6.08 Å². The minimum Gasteiger partial charge on any atom is -0.463 e. The lowest BCUT2D eigenvalue weighted by Crippen LogP contribution is -2.40. The summed E-state index contributed by atoms with van der Waals surface area (Å²) in [7, 11) is 0. The third-order valence-electron chi connectivity index (χ3n) is 4.88. The van der Waals surface area contributed by atoms with Crippen LogP contribution in [0.3, 0.4) is 0 Å². The van der Waals surface area contributed by atoms with Crippen LogP contribution in [0, 0.1) is 3.57 Å².